The van der Waals surface area contributed by atoms with E-state index in [0.29, 0.717) is 30.7 Å². The Labute approximate surface area is 249 Å². The highest BCUT2D eigenvalue weighted by atomic mass is 16.6. The Morgan fingerprint density at radius 3 is 2.40 bits per heavy atom. The van der Waals surface area contributed by atoms with Crippen LogP contribution in [-0.2, 0) is 23.2 Å². The van der Waals surface area contributed by atoms with Gasteiger partial charge in [-0.1, -0.05) is 92.9 Å². The van der Waals surface area contributed by atoms with Crippen LogP contribution in [0.15, 0.2) is 78.9 Å². The van der Waals surface area contributed by atoms with E-state index >= 15 is 0 Å². The molecule has 1 saturated carbocycles. The Kier molecular flexibility index (Phi) is 8.50. The molecular formula is C36H42N2O4. The first-order chi connectivity index (χ1) is 20.5. The quantitative estimate of drug-likeness (QED) is 0.343. The molecule has 1 saturated heterocycles. The molecule has 3 aromatic rings. The Hall–Kier alpha value is -3.80. The molecule has 3 aromatic carbocycles. The molecule has 2 amide bonds. The molecule has 2 aliphatic carbocycles. The van der Waals surface area contributed by atoms with Crippen LogP contribution in [0.5, 0.6) is 5.75 Å². The van der Waals surface area contributed by atoms with Gasteiger partial charge in [0.05, 0.1) is 0 Å². The third kappa shape index (κ3) is 6.18. The van der Waals surface area contributed by atoms with Crippen LogP contribution in [0.25, 0.3) is 0 Å². The number of carbonyl (C=O) groups is 2. The van der Waals surface area contributed by atoms with E-state index in [0.717, 1.165) is 44.1 Å². The fourth-order valence-electron chi connectivity index (χ4n) is 7.51. The summed E-state index contributed by atoms with van der Waals surface area (Å²) in [5, 5.41) is 3.29. The highest BCUT2D eigenvalue weighted by Crippen LogP contribution is 2.47. The van der Waals surface area contributed by atoms with Gasteiger partial charge >= 0.3 is 12.2 Å². The number of hydrogen-bond acceptors (Lipinski definition) is 4. The Morgan fingerprint density at radius 1 is 0.905 bits per heavy atom. The van der Waals surface area contributed by atoms with Crippen LogP contribution in [0.1, 0.15) is 80.0 Å². The van der Waals surface area contributed by atoms with Gasteiger partial charge in [-0.25, -0.2) is 9.59 Å². The minimum atomic E-state index is -0.370. The Bertz CT molecular complexity index is 1370. The van der Waals surface area contributed by atoms with Crippen LogP contribution in [0, 0.1) is 5.92 Å². The maximum Gasteiger partial charge on any atom is 0.415 e. The lowest BCUT2D eigenvalue weighted by atomic mass is 9.59. The van der Waals surface area contributed by atoms with Gasteiger partial charge in [0.2, 0.25) is 0 Å². The normalized spacial score (nSPS) is 24.1. The number of nitrogens with one attached hydrogen (secondary N) is 1. The van der Waals surface area contributed by atoms with Crippen LogP contribution in [0.2, 0.25) is 0 Å². The fraction of sp³-hybridized carbons (Fsp3) is 0.444. The van der Waals surface area contributed by atoms with Crippen molar-refractivity contribution in [3.63, 3.8) is 0 Å². The average molecular weight is 567 g/mol. The number of amides is 2. The third-order valence-electron chi connectivity index (χ3n) is 9.82. The number of ether oxygens (including phenoxy) is 2. The second-order valence-corrected chi connectivity index (χ2v) is 12.5. The van der Waals surface area contributed by atoms with Crippen molar-refractivity contribution < 1.29 is 19.1 Å². The molecule has 1 aliphatic heterocycles. The van der Waals surface area contributed by atoms with Gasteiger partial charge in [0, 0.05) is 24.5 Å². The van der Waals surface area contributed by atoms with Crippen molar-refractivity contribution >= 4 is 12.2 Å². The predicted octanol–water partition coefficient (Wildman–Crippen LogP) is 7.75. The molecule has 220 valence electrons. The van der Waals surface area contributed by atoms with Crippen LogP contribution >= 0.6 is 0 Å². The standard InChI is InChI=1S/C36H42N2O4/c1-36-20-10-4-9-15-30(33(36)37-34(39)41-25-26-11-5-2-6-12-26)23-29-16-17-31(24-32(29)36)42-35(40)38-21-18-28(19-22-38)27-13-7-3-8-14-27/h2-3,5-8,11-14,16-17,24,28,30,33H,4,9-10,15,18-23,25H2,1H3,(H,37,39)/t30-,33-,36+/m0/s1. The number of benzene rings is 3. The third-order valence-corrected chi connectivity index (χ3v) is 9.82. The maximum atomic E-state index is 13.2. The van der Waals surface area contributed by atoms with Crippen molar-refractivity contribution in [2.24, 2.45) is 5.92 Å². The van der Waals surface area contributed by atoms with Gasteiger partial charge in [0.15, 0.2) is 0 Å². The van der Waals surface area contributed by atoms with Crippen molar-refractivity contribution in [1.29, 1.82) is 0 Å². The lowest BCUT2D eigenvalue weighted by molar-refractivity contribution is 0.109. The Morgan fingerprint density at radius 2 is 1.64 bits per heavy atom. The molecule has 0 radical (unpaired) electrons. The molecule has 2 bridgehead atoms. The number of rotatable bonds is 5. The minimum Gasteiger partial charge on any atom is -0.445 e. The largest absolute Gasteiger partial charge is 0.445 e. The molecule has 42 heavy (non-hydrogen) atoms. The lowest BCUT2D eigenvalue weighted by Gasteiger charge is -2.49. The van der Waals surface area contributed by atoms with E-state index in [2.05, 4.69) is 48.6 Å². The summed E-state index contributed by atoms with van der Waals surface area (Å²) in [6, 6.07) is 26.4. The summed E-state index contributed by atoms with van der Waals surface area (Å²) >= 11 is 0. The van der Waals surface area contributed by atoms with Crippen molar-refractivity contribution in [3.8, 4) is 5.75 Å². The smallest absolute Gasteiger partial charge is 0.415 e. The van der Waals surface area contributed by atoms with Gasteiger partial charge in [-0.3, -0.25) is 0 Å². The molecule has 1 heterocycles. The van der Waals surface area contributed by atoms with Crippen molar-refractivity contribution in [1.82, 2.24) is 10.2 Å². The molecule has 0 aromatic heterocycles. The van der Waals surface area contributed by atoms with Gasteiger partial charge < -0.3 is 19.7 Å². The summed E-state index contributed by atoms with van der Waals surface area (Å²) in [5.74, 6) is 1.40. The average Bonchev–Trinajstić information content (AvgIpc) is 3.02. The molecule has 6 heteroatoms. The van der Waals surface area contributed by atoms with Crippen molar-refractivity contribution in [2.75, 3.05) is 13.1 Å². The fourth-order valence-corrected chi connectivity index (χ4v) is 7.51. The van der Waals surface area contributed by atoms with Gasteiger partial charge in [-0.05, 0) is 78.3 Å². The first kappa shape index (κ1) is 28.3. The zero-order chi connectivity index (χ0) is 28.9. The SMILES string of the molecule is C[C@@]12CCCCC[C@@H](Cc3ccc(OC(=O)N4CCC(c5ccccc5)CC4)cc31)[C@@H]2NC(=O)OCc1ccccc1. The summed E-state index contributed by atoms with van der Waals surface area (Å²) in [4.78, 5) is 28.1. The van der Waals surface area contributed by atoms with E-state index in [1.165, 1.54) is 29.5 Å². The maximum absolute atomic E-state index is 13.2. The van der Waals surface area contributed by atoms with Crippen molar-refractivity contribution in [3.05, 3.63) is 101 Å². The first-order valence-electron chi connectivity index (χ1n) is 15.6. The van der Waals surface area contributed by atoms with Gasteiger partial charge in [0.25, 0.3) is 0 Å². The monoisotopic (exact) mass is 566 g/mol. The predicted molar refractivity (Wildman–Crippen MR) is 164 cm³/mol. The van der Waals surface area contributed by atoms with Gasteiger partial charge in [-0.15, -0.1) is 0 Å². The van der Waals surface area contributed by atoms with E-state index in [1.807, 2.05) is 47.4 Å². The Balaban J connectivity index is 1.15. The van der Waals surface area contributed by atoms with E-state index in [1.54, 1.807) is 0 Å². The lowest BCUT2D eigenvalue weighted by Crippen LogP contribution is -2.57. The highest BCUT2D eigenvalue weighted by molar-refractivity contribution is 5.71. The number of nitrogens with zero attached hydrogens (tertiary/aromatic N) is 1. The first-order valence-corrected chi connectivity index (χ1v) is 15.6. The molecule has 0 unspecified atom stereocenters. The van der Waals surface area contributed by atoms with E-state index in [9.17, 15) is 9.59 Å². The molecule has 3 atom stereocenters. The molecule has 6 nitrogen and oxygen atoms in total. The summed E-state index contributed by atoms with van der Waals surface area (Å²) in [6.07, 6.45) is 7.63. The molecule has 0 spiro atoms. The van der Waals surface area contributed by atoms with Gasteiger partial charge in [-0.2, -0.15) is 0 Å². The zero-order valence-electron chi connectivity index (χ0n) is 24.6. The highest BCUT2D eigenvalue weighted by Gasteiger charge is 2.47. The molecular weight excluding hydrogens is 524 g/mol. The molecule has 1 N–H and O–H groups in total. The van der Waals surface area contributed by atoms with E-state index < -0.39 is 0 Å². The number of likely N-dealkylation sites (tertiary alicyclic amines) is 1. The number of alkyl carbamates (subject to hydrolysis) is 1. The summed E-state index contributed by atoms with van der Waals surface area (Å²) in [5.41, 5.74) is 4.52. The van der Waals surface area contributed by atoms with E-state index in [-0.39, 0.29) is 30.3 Å². The van der Waals surface area contributed by atoms with Crippen LogP contribution in [0.3, 0.4) is 0 Å². The minimum absolute atomic E-state index is 0.0449. The second kappa shape index (κ2) is 12.6. The summed E-state index contributed by atoms with van der Waals surface area (Å²) in [7, 11) is 0. The number of piperidine rings is 1. The second-order valence-electron chi connectivity index (χ2n) is 12.5. The van der Waals surface area contributed by atoms with Crippen LogP contribution in [-0.4, -0.2) is 36.2 Å². The van der Waals surface area contributed by atoms with Crippen LogP contribution < -0.4 is 10.1 Å². The van der Waals surface area contributed by atoms with Gasteiger partial charge in [0.1, 0.15) is 12.4 Å². The summed E-state index contributed by atoms with van der Waals surface area (Å²) in [6.45, 7) is 3.91. The molecule has 2 fully saturated rings. The summed E-state index contributed by atoms with van der Waals surface area (Å²) < 4.78 is 11.6. The number of carbonyl (C=O) groups excluding carboxylic acids is 2. The zero-order valence-corrected chi connectivity index (χ0v) is 24.6. The van der Waals surface area contributed by atoms with Crippen molar-refractivity contribution in [2.45, 2.75) is 82.3 Å². The number of hydrogen-bond donors (Lipinski definition) is 1. The van der Waals surface area contributed by atoms with Crippen LogP contribution in [0.4, 0.5) is 9.59 Å². The number of fused-ring (bicyclic) bond motifs is 4. The molecule has 6 rings (SSSR count). The molecule has 3 aliphatic rings. The topological polar surface area (TPSA) is 67.9 Å². The van der Waals surface area contributed by atoms with E-state index in [4.69, 9.17) is 9.47 Å².